The summed E-state index contributed by atoms with van der Waals surface area (Å²) in [5.41, 5.74) is 0. The summed E-state index contributed by atoms with van der Waals surface area (Å²) in [5.74, 6) is -1.15. The van der Waals surface area contributed by atoms with Crippen LogP contribution >= 0.6 is 22.9 Å². The second kappa shape index (κ2) is 6.22. The van der Waals surface area contributed by atoms with Crippen molar-refractivity contribution in [3.63, 3.8) is 0 Å². The normalized spacial score (nSPS) is 9.67. The predicted molar refractivity (Wildman–Crippen MR) is 54.7 cm³/mol. The highest BCUT2D eigenvalue weighted by Crippen LogP contribution is 1.95. The van der Waals surface area contributed by atoms with Gasteiger partial charge in [0.05, 0.1) is 22.9 Å². The van der Waals surface area contributed by atoms with Gasteiger partial charge in [-0.15, -0.1) is 0 Å². The Bertz CT molecular complexity index is 169. The van der Waals surface area contributed by atoms with Crippen LogP contribution in [0.4, 0.5) is 0 Å². The number of amides is 2. The molecule has 0 heterocycles. The molecule has 0 spiro atoms. The number of halogens is 1. The van der Waals surface area contributed by atoms with Crippen LogP contribution < -0.4 is 8.85 Å². The van der Waals surface area contributed by atoms with E-state index < -0.39 is 11.8 Å². The molecule has 0 aromatic carbocycles. The third kappa shape index (κ3) is 3.89. The minimum absolute atomic E-state index is 0.103. The van der Waals surface area contributed by atoms with Gasteiger partial charge in [0.15, 0.2) is 0 Å². The van der Waals surface area contributed by atoms with Gasteiger partial charge in [-0.1, -0.05) is 13.8 Å². The predicted octanol–water partition coefficient (Wildman–Crippen LogP) is 0.757. The molecule has 2 amide bonds. The molecule has 0 radical (unpaired) electrons. The van der Waals surface area contributed by atoms with Crippen molar-refractivity contribution in [2.45, 2.75) is 32.7 Å². The molecule has 12 heavy (non-hydrogen) atoms. The number of carbonyl (C=O) groups excluding carboxylic acids is 2. The van der Waals surface area contributed by atoms with Crippen LogP contribution in [0.5, 0.6) is 0 Å². The molecule has 0 aromatic heterocycles. The van der Waals surface area contributed by atoms with Gasteiger partial charge in [0.2, 0.25) is 0 Å². The molecule has 0 aromatic rings. The molecule has 5 heteroatoms. The fourth-order valence-electron chi connectivity index (χ4n) is 0.787. The van der Waals surface area contributed by atoms with Crippen LogP contribution in [-0.4, -0.2) is 17.9 Å². The first-order valence-electron chi connectivity index (χ1n) is 3.87. The summed E-state index contributed by atoms with van der Waals surface area (Å²) in [4.78, 5) is 21.7. The second-order valence-electron chi connectivity index (χ2n) is 2.41. The van der Waals surface area contributed by atoms with E-state index in [0.29, 0.717) is 0 Å². The molecule has 0 rings (SSSR count). The number of hydrogen-bond acceptors (Lipinski definition) is 2. The van der Waals surface area contributed by atoms with Gasteiger partial charge >= 0.3 is 11.8 Å². The van der Waals surface area contributed by atoms with E-state index in [1.807, 2.05) is 13.8 Å². The highest BCUT2D eigenvalue weighted by Gasteiger charge is 2.14. The van der Waals surface area contributed by atoms with E-state index in [1.54, 1.807) is 22.9 Å². The molecule has 0 aliphatic carbocycles. The first kappa shape index (κ1) is 11.7. The largest absolute Gasteiger partial charge is 0.345 e. The molecule has 0 saturated carbocycles. The van der Waals surface area contributed by atoms with Gasteiger partial charge in [-0.25, -0.2) is 0 Å². The van der Waals surface area contributed by atoms with Crippen LogP contribution in [0.25, 0.3) is 0 Å². The number of nitrogens with one attached hydrogen (secondary N) is 2. The molecule has 0 fully saturated rings. The average Bonchev–Trinajstić information content (AvgIpc) is 2.12. The summed E-state index contributed by atoms with van der Waals surface area (Å²) >= 11 is 1.64. The zero-order chi connectivity index (χ0) is 9.56. The minimum Gasteiger partial charge on any atom is -0.345 e. The first-order valence-corrected chi connectivity index (χ1v) is 4.95. The maximum Gasteiger partial charge on any atom is 0.317 e. The summed E-state index contributed by atoms with van der Waals surface area (Å²) in [6, 6.07) is 0.103. The van der Waals surface area contributed by atoms with E-state index >= 15 is 0 Å². The van der Waals surface area contributed by atoms with Crippen molar-refractivity contribution >= 4 is 34.7 Å². The lowest BCUT2D eigenvalue weighted by molar-refractivity contribution is -0.138. The summed E-state index contributed by atoms with van der Waals surface area (Å²) in [7, 11) is 0. The van der Waals surface area contributed by atoms with E-state index in [1.165, 1.54) is 0 Å². The summed E-state index contributed by atoms with van der Waals surface area (Å²) in [6.07, 6.45) is 1.69. The smallest absolute Gasteiger partial charge is 0.317 e. The second-order valence-corrected chi connectivity index (χ2v) is 2.95. The standard InChI is InChI=1S/C7H13IN2O2/c1-3-5(4-2)9-6(11)7(12)10-8/h5H,3-4H2,1-2H3,(H,9,11)(H,10,12). The van der Waals surface area contributed by atoms with Crippen molar-refractivity contribution in [2.24, 2.45) is 0 Å². The molecule has 0 atom stereocenters. The van der Waals surface area contributed by atoms with Crippen LogP contribution in [0.1, 0.15) is 26.7 Å². The van der Waals surface area contributed by atoms with Crippen molar-refractivity contribution in [1.82, 2.24) is 8.85 Å². The highest BCUT2D eigenvalue weighted by molar-refractivity contribution is 14.1. The topological polar surface area (TPSA) is 58.2 Å². The highest BCUT2D eigenvalue weighted by atomic mass is 127. The SMILES string of the molecule is CCC(CC)NC(=O)C(=O)NI. The van der Waals surface area contributed by atoms with Crippen molar-refractivity contribution in [3.05, 3.63) is 0 Å². The lowest BCUT2D eigenvalue weighted by atomic mass is 10.2. The Kier molecular flexibility index (Phi) is 6.04. The van der Waals surface area contributed by atoms with E-state index in [4.69, 9.17) is 0 Å². The van der Waals surface area contributed by atoms with Crippen molar-refractivity contribution < 1.29 is 9.59 Å². The summed E-state index contributed by atoms with van der Waals surface area (Å²) in [6.45, 7) is 3.94. The summed E-state index contributed by atoms with van der Waals surface area (Å²) < 4.78 is 2.24. The van der Waals surface area contributed by atoms with Gasteiger partial charge in [0.1, 0.15) is 0 Å². The maximum atomic E-state index is 11.0. The Morgan fingerprint density at radius 3 is 2.08 bits per heavy atom. The van der Waals surface area contributed by atoms with Crippen LogP contribution in [-0.2, 0) is 9.59 Å². The van der Waals surface area contributed by atoms with Crippen LogP contribution in [0, 0.1) is 0 Å². The monoisotopic (exact) mass is 284 g/mol. The Morgan fingerprint density at radius 1 is 1.25 bits per heavy atom. The third-order valence-electron chi connectivity index (χ3n) is 1.61. The molecular formula is C7H13IN2O2. The molecule has 0 unspecified atom stereocenters. The molecule has 0 aliphatic heterocycles. The molecule has 0 saturated heterocycles. The fourth-order valence-corrected chi connectivity index (χ4v) is 1.03. The molecule has 0 bridgehead atoms. The van der Waals surface area contributed by atoms with E-state index in [2.05, 4.69) is 8.85 Å². The van der Waals surface area contributed by atoms with Gasteiger partial charge in [-0.2, -0.15) is 0 Å². The van der Waals surface area contributed by atoms with E-state index in [9.17, 15) is 9.59 Å². The number of carbonyl (C=O) groups is 2. The molecule has 4 nitrogen and oxygen atoms in total. The first-order chi connectivity index (χ1) is 5.65. The molecule has 0 aliphatic rings. The zero-order valence-corrected chi connectivity index (χ0v) is 9.34. The Balaban J connectivity index is 3.89. The fraction of sp³-hybridized carbons (Fsp3) is 0.714. The van der Waals surface area contributed by atoms with Gasteiger partial charge in [0.25, 0.3) is 0 Å². The quantitative estimate of drug-likeness (QED) is 0.456. The van der Waals surface area contributed by atoms with Gasteiger partial charge < -0.3 is 5.32 Å². The average molecular weight is 284 g/mol. The minimum atomic E-state index is -0.595. The van der Waals surface area contributed by atoms with Crippen LogP contribution in [0.15, 0.2) is 0 Å². The van der Waals surface area contributed by atoms with E-state index in [-0.39, 0.29) is 6.04 Å². The zero-order valence-electron chi connectivity index (χ0n) is 7.19. The number of rotatable bonds is 3. The van der Waals surface area contributed by atoms with Crippen LogP contribution in [0.3, 0.4) is 0 Å². The van der Waals surface area contributed by atoms with Crippen molar-refractivity contribution in [2.75, 3.05) is 0 Å². The van der Waals surface area contributed by atoms with Crippen LogP contribution in [0.2, 0.25) is 0 Å². The maximum absolute atomic E-state index is 11.0. The number of hydrogen-bond donors (Lipinski definition) is 2. The lowest BCUT2D eigenvalue weighted by Crippen LogP contribution is -2.41. The van der Waals surface area contributed by atoms with Crippen molar-refractivity contribution in [1.29, 1.82) is 0 Å². The third-order valence-corrected chi connectivity index (χ3v) is 2.10. The van der Waals surface area contributed by atoms with Gasteiger partial charge in [0, 0.05) is 6.04 Å². The van der Waals surface area contributed by atoms with E-state index in [0.717, 1.165) is 12.8 Å². The molecular weight excluding hydrogens is 271 g/mol. The lowest BCUT2D eigenvalue weighted by Gasteiger charge is -2.12. The van der Waals surface area contributed by atoms with Gasteiger partial charge in [-0.3, -0.25) is 13.1 Å². The Morgan fingerprint density at radius 2 is 1.75 bits per heavy atom. The van der Waals surface area contributed by atoms with Crippen molar-refractivity contribution in [3.8, 4) is 0 Å². The molecule has 70 valence electrons. The van der Waals surface area contributed by atoms with Gasteiger partial charge in [-0.05, 0) is 12.8 Å². The molecule has 2 N–H and O–H groups in total. The summed E-state index contributed by atoms with van der Waals surface area (Å²) in [5, 5.41) is 2.61. The Labute approximate surface area is 86.0 Å². The Hall–Kier alpha value is -0.330.